The molecule has 0 unspecified atom stereocenters. The normalized spacial score (nSPS) is 12.2. The highest BCUT2D eigenvalue weighted by molar-refractivity contribution is 7.87. The average Bonchev–Trinajstić information content (AvgIpc) is 2.53. The molecule has 0 bridgehead atoms. The van der Waals surface area contributed by atoms with Crippen molar-refractivity contribution in [3.8, 4) is 5.75 Å². The van der Waals surface area contributed by atoms with Gasteiger partial charge < -0.3 is 4.18 Å². The van der Waals surface area contributed by atoms with Gasteiger partial charge in [-0.25, -0.2) is 0 Å². The minimum absolute atomic E-state index is 0.0333. The molecule has 6 nitrogen and oxygen atoms in total. The standard InChI is InChI=1S/C17H13O6S2/c1-12-2-7-16(8-3-12)25(21,22)23-15-6-4-14-11-17(24(18,19)20)9-5-13(14)10-15/h2-11H,1H3. The van der Waals surface area contributed by atoms with Gasteiger partial charge >= 0.3 is 20.2 Å². The van der Waals surface area contributed by atoms with Gasteiger partial charge in [-0.05, 0) is 54.1 Å². The van der Waals surface area contributed by atoms with Crippen LogP contribution in [0.25, 0.3) is 10.8 Å². The fourth-order valence-electron chi connectivity index (χ4n) is 2.29. The lowest BCUT2D eigenvalue weighted by atomic mass is 10.1. The molecule has 0 atom stereocenters. The number of rotatable bonds is 4. The Morgan fingerprint density at radius 2 is 1.28 bits per heavy atom. The quantitative estimate of drug-likeness (QED) is 0.651. The summed E-state index contributed by atoms with van der Waals surface area (Å²) in [4.78, 5) is -0.313. The van der Waals surface area contributed by atoms with Crippen LogP contribution >= 0.6 is 0 Å². The van der Waals surface area contributed by atoms with Crippen molar-refractivity contribution < 1.29 is 25.6 Å². The summed E-state index contributed by atoms with van der Waals surface area (Å²) < 4.78 is 62.9. The summed E-state index contributed by atoms with van der Waals surface area (Å²) in [6, 6.07) is 14.4. The number of fused-ring (bicyclic) bond motifs is 1. The Kier molecular flexibility index (Phi) is 4.28. The van der Waals surface area contributed by atoms with E-state index in [9.17, 15) is 21.4 Å². The first kappa shape index (κ1) is 17.4. The fraction of sp³-hybridized carbons (Fsp3) is 0.0588. The van der Waals surface area contributed by atoms with Crippen LogP contribution in [0.5, 0.6) is 5.75 Å². The van der Waals surface area contributed by atoms with Gasteiger partial charge in [0, 0.05) is 0 Å². The summed E-state index contributed by atoms with van der Waals surface area (Å²) in [6.07, 6.45) is 0. The van der Waals surface area contributed by atoms with Gasteiger partial charge in [-0.15, -0.1) is 0 Å². The lowest BCUT2D eigenvalue weighted by Crippen LogP contribution is -2.09. The Hall–Kier alpha value is -2.42. The number of aryl methyl sites for hydroxylation is 1. The molecule has 3 aromatic carbocycles. The number of hydrogen-bond acceptors (Lipinski definition) is 5. The summed E-state index contributed by atoms with van der Waals surface area (Å²) in [6.45, 7) is 1.84. The van der Waals surface area contributed by atoms with Crippen LogP contribution in [0.3, 0.4) is 0 Å². The molecule has 0 heterocycles. The van der Waals surface area contributed by atoms with Crippen LogP contribution in [0.2, 0.25) is 0 Å². The molecule has 0 aliphatic heterocycles. The zero-order chi connectivity index (χ0) is 18.2. The van der Waals surface area contributed by atoms with Crippen molar-refractivity contribution >= 4 is 31.0 Å². The van der Waals surface area contributed by atoms with E-state index < -0.39 is 20.2 Å². The maximum Gasteiger partial charge on any atom is 0.339 e. The zero-order valence-corrected chi connectivity index (χ0v) is 14.7. The van der Waals surface area contributed by atoms with Crippen molar-refractivity contribution in [1.82, 2.24) is 0 Å². The maximum absolute atomic E-state index is 12.3. The molecule has 0 aromatic heterocycles. The van der Waals surface area contributed by atoms with E-state index in [0.29, 0.717) is 10.8 Å². The molecule has 0 amide bonds. The largest absolute Gasteiger partial charge is 0.379 e. The van der Waals surface area contributed by atoms with Gasteiger partial charge in [0.05, 0.1) is 4.90 Å². The lowest BCUT2D eigenvalue weighted by molar-refractivity contribution is 0.414. The molecular weight excluding hydrogens is 364 g/mol. The summed E-state index contributed by atoms with van der Waals surface area (Å²) in [5.74, 6) is 0.0887. The summed E-state index contributed by atoms with van der Waals surface area (Å²) in [5.41, 5.74) is 0.925. The second-order valence-corrected chi connectivity index (χ2v) is 8.40. The van der Waals surface area contributed by atoms with Crippen LogP contribution in [-0.4, -0.2) is 16.8 Å². The predicted octanol–water partition coefficient (Wildman–Crippen LogP) is 3.04. The van der Waals surface area contributed by atoms with Gasteiger partial charge in [-0.1, -0.05) is 34.4 Å². The molecule has 0 saturated carbocycles. The molecule has 3 rings (SSSR count). The third kappa shape index (κ3) is 3.81. The second-order valence-electron chi connectivity index (χ2n) is 5.48. The minimum atomic E-state index is -4.55. The highest BCUT2D eigenvalue weighted by atomic mass is 32.2. The highest BCUT2D eigenvalue weighted by Gasteiger charge is 2.17. The van der Waals surface area contributed by atoms with Gasteiger partial charge in [-0.2, -0.15) is 16.8 Å². The maximum atomic E-state index is 12.3. The van der Waals surface area contributed by atoms with Crippen LogP contribution in [0.15, 0.2) is 70.5 Å². The van der Waals surface area contributed by atoms with E-state index in [4.69, 9.17) is 4.18 Å². The van der Waals surface area contributed by atoms with Crippen molar-refractivity contribution in [1.29, 1.82) is 0 Å². The van der Waals surface area contributed by atoms with Crippen LogP contribution in [0.1, 0.15) is 5.56 Å². The molecule has 0 N–H and O–H groups in total. The average molecular weight is 377 g/mol. The van der Waals surface area contributed by atoms with E-state index in [1.807, 2.05) is 6.92 Å². The summed E-state index contributed by atoms with van der Waals surface area (Å²) in [5, 5.41) is 1.03. The van der Waals surface area contributed by atoms with Crippen molar-refractivity contribution in [2.75, 3.05) is 0 Å². The van der Waals surface area contributed by atoms with E-state index in [0.717, 1.165) is 5.56 Å². The molecule has 25 heavy (non-hydrogen) atoms. The molecule has 1 radical (unpaired) electrons. The minimum Gasteiger partial charge on any atom is -0.379 e. The van der Waals surface area contributed by atoms with Crippen LogP contribution in [0, 0.1) is 6.92 Å². The van der Waals surface area contributed by atoms with Gasteiger partial charge in [0.2, 0.25) is 0 Å². The molecular formula is C17H13O6S2. The van der Waals surface area contributed by atoms with Crippen LogP contribution < -0.4 is 4.18 Å². The summed E-state index contributed by atoms with van der Waals surface area (Å²) >= 11 is 0. The van der Waals surface area contributed by atoms with Gasteiger partial charge in [0.25, 0.3) is 0 Å². The topological polar surface area (TPSA) is 97.4 Å². The third-order valence-corrected chi connectivity index (χ3v) is 5.68. The fourth-order valence-corrected chi connectivity index (χ4v) is 3.72. The van der Waals surface area contributed by atoms with Gasteiger partial charge in [-0.3, -0.25) is 0 Å². The smallest absolute Gasteiger partial charge is 0.339 e. The zero-order valence-electron chi connectivity index (χ0n) is 13.0. The first-order chi connectivity index (χ1) is 11.6. The Bertz CT molecular complexity index is 1150. The van der Waals surface area contributed by atoms with Gasteiger partial charge in [0.1, 0.15) is 10.6 Å². The Morgan fingerprint density at radius 1 is 0.720 bits per heavy atom. The molecule has 3 aromatic rings. The Labute approximate surface area is 145 Å². The van der Waals surface area contributed by atoms with E-state index in [1.165, 1.54) is 48.5 Å². The molecule has 8 heteroatoms. The molecule has 0 spiro atoms. The number of hydrogen-bond donors (Lipinski definition) is 0. The first-order valence-electron chi connectivity index (χ1n) is 7.16. The second kappa shape index (κ2) is 6.14. The van der Waals surface area contributed by atoms with E-state index in [1.54, 1.807) is 12.1 Å². The Morgan fingerprint density at radius 3 is 1.92 bits per heavy atom. The SMILES string of the molecule is Cc1ccc(S(=O)(=O)Oc2ccc3cc(S([O])(=O)=O)ccc3c2)cc1. The first-order valence-corrected chi connectivity index (χ1v) is 9.98. The van der Waals surface area contributed by atoms with Gasteiger partial charge in [0.15, 0.2) is 0 Å². The predicted molar refractivity (Wildman–Crippen MR) is 90.8 cm³/mol. The molecule has 129 valence electrons. The van der Waals surface area contributed by atoms with E-state index in [2.05, 4.69) is 0 Å². The van der Waals surface area contributed by atoms with E-state index in [-0.39, 0.29) is 15.5 Å². The van der Waals surface area contributed by atoms with E-state index >= 15 is 0 Å². The van der Waals surface area contributed by atoms with Crippen LogP contribution in [-0.2, 0) is 24.8 Å². The van der Waals surface area contributed by atoms with Crippen LogP contribution in [0.4, 0.5) is 0 Å². The van der Waals surface area contributed by atoms with Crippen molar-refractivity contribution in [3.05, 3.63) is 66.2 Å². The number of benzene rings is 3. The van der Waals surface area contributed by atoms with Crippen molar-refractivity contribution in [2.24, 2.45) is 0 Å². The molecule has 0 fully saturated rings. The molecule has 0 saturated heterocycles. The highest BCUT2D eigenvalue weighted by Crippen LogP contribution is 2.26. The summed E-state index contributed by atoms with van der Waals surface area (Å²) in [7, 11) is -8.53. The monoisotopic (exact) mass is 377 g/mol. The molecule has 0 aliphatic rings. The Balaban J connectivity index is 1.95. The van der Waals surface area contributed by atoms with Crippen molar-refractivity contribution in [2.45, 2.75) is 16.7 Å². The lowest BCUT2D eigenvalue weighted by Gasteiger charge is -2.08. The van der Waals surface area contributed by atoms with Crippen molar-refractivity contribution in [3.63, 3.8) is 0 Å². The molecule has 0 aliphatic carbocycles. The third-order valence-electron chi connectivity index (χ3n) is 3.59.